The van der Waals surface area contributed by atoms with Crippen LogP contribution in [0, 0.1) is 5.92 Å². The summed E-state index contributed by atoms with van der Waals surface area (Å²) >= 11 is 0. The molecule has 16 heavy (non-hydrogen) atoms. The van der Waals surface area contributed by atoms with Gasteiger partial charge in [0, 0.05) is 25.8 Å². The second kappa shape index (κ2) is 4.44. The molecule has 1 fully saturated rings. The van der Waals surface area contributed by atoms with Gasteiger partial charge in [-0.2, -0.15) is 0 Å². The van der Waals surface area contributed by atoms with E-state index in [0.29, 0.717) is 11.7 Å². The number of anilines is 1. The average molecular weight is 222 g/mol. The summed E-state index contributed by atoms with van der Waals surface area (Å²) in [6.45, 7) is 1.53. The van der Waals surface area contributed by atoms with E-state index in [1.54, 1.807) is 0 Å². The normalized spacial score (nSPS) is 19.9. The van der Waals surface area contributed by atoms with Crippen LogP contribution in [0.15, 0.2) is 6.20 Å². The Morgan fingerprint density at radius 2 is 2.44 bits per heavy atom. The van der Waals surface area contributed by atoms with Crippen LogP contribution in [0.4, 0.5) is 5.82 Å². The molecule has 6 nitrogen and oxygen atoms in total. The van der Waals surface area contributed by atoms with Crippen LogP contribution in [0.1, 0.15) is 22.6 Å². The summed E-state index contributed by atoms with van der Waals surface area (Å²) in [6, 6.07) is 0. The van der Waals surface area contributed by atoms with E-state index in [2.05, 4.69) is 9.97 Å². The van der Waals surface area contributed by atoms with Gasteiger partial charge in [-0.25, -0.2) is 9.97 Å². The molecule has 0 saturated carbocycles. The highest BCUT2D eigenvalue weighted by atomic mass is 16.5. The van der Waals surface area contributed by atoms with E-state index in [4.69, 9.17) is 16.2 Å². The fourth-order valence-corrected chi connectivity index (χ4v) is 1.72. The van der Waals surface area contributed by atoms with Crippen molar-refractivity contribution in [2.45, 2.75) is 12.8 Å². The quantitative estimate of drug-likeness (QED) is 0.733. The molecule has 1 aromatic rings. The molecule has 0 spiro atoms. The Hall–Kier alpha value is -1.69. The second-order valence-corrected chi connectivity index (χ2v) is 3.88. The molecule has 1 saturated heterocycles. The van der Waals surface area contributed by atoms with Gasteiger partial charge in [0.25, 0.3) is 5.91 Å². The van der Waals surface area contributed by atoms with Crippen LogP contribution in [-0.2, 0) is 11.2 Å². The third-order valence-corrected chi connectivity index (χ3v) is 2.63. The molecule has 6 heteroatoms. The topological polar surface area (TPSA) is 104 Å². The fraction of sp³-hybridized carbons (Fsp3) is 0.500. The molecular weight excluding hydrogens is 208 g/mol. The molecule has 2 rings (SSSR count). The number of primary amides is 1. The number of carbonyl (C=O) groups excluding carboxylic acids is 1. The summed E-state index contributed by atoms with van der Waals surface area (Å²) in [5.74, 6) is 0.626. The number of nitrogens with two attached hydrogens (primary N) is 2. The van der Waals surface area contributed by atoms with Crippen molar-refractivity contribution in [3.8, 4) is 0 Å². The first-order valence-electron chi connectivity index (χ1n) is 5.15. The number of nitrogens with zero attached hydrogens (tertiary/aromatic N) is 2. The number of rotatable bonds is 3. The largest absolute Gasteiger partial charge is 0.383 e. The summed E-state index contributed by atoms with van der Waals surface area (Å²) in [6.07, 6.45) is 3.12. The van der Waals surface area contributed by atoms with E-state index in [-0.39, 0.29) is 11.4 Å². The standard InChI is InChI=1S/C10H14N4O2/c11-9-7(10(12)15)4-13-8(14-9)3-6-1-2-16-5-6/h4,6H,1-3,5H2,(H2,12,15)(H2,11,13,14). The van der Waals surface area contributed by atoms with Gasteiger partial charge in [0.05, 0.1) is 5.56 Å². The minimum Gasteiger partial charge on any atom is -0.383 e. The predicted octanol–water partition coefficient (Wildman–Crippen LogP) is -0.263. The number of hydrogen-bond donors (Lipinski definition) is 2. The minimum atomic E-state index is -0.603. The highest BCUT2D eigenvalue weighted by Gasteiger charge is 2.18. The van der Waals surface area contributed by atoms with Crippen molar-refractivity contribution in [3.63, 3.8) is 0 Å². The van der Waals surface area contributed by atoms with E-state index < -0.39 is 5.91 Å². The van der Waals surface area contributed by atoms with E-state index in [0.717, 1.165) is 26.1 Å². The van der Waals surface area contributed by atoms with Gasteiger partial charge in [-0.1, -0.05) is 0 Å². The number of hydrogen-bond acceptors (Lipinski definition) is 5. The van der Waals surface area contributed by atoms with E-state index in [1.807, 2.05) is 0 Å². The van der Waals surface area contributed by atoms with Crippen LogP contribution in [0.3, 0.4) is 0 Å². The Balaban J connectivity index is 2.11. The zero-order valence-electron chi connectivity index (χ0n) is 8.85. The zero-order chi connectivity index (χ0) is 11.5. The van der Waals surface area contributed by atoms with Crippen LogP contribution >= 0.6 is 0 Å². The molecular formula is C10H14N4O2. The number of ether oxygens (including phenoxy) is 1. The van der Waals surface area contributed by atoms with Gasteiger partial charge in [0.15, 0.2) is 0 Å². The third-order valence-electron chi connectivity index (χ3n) is 2.63. The molecule has 0 bridgehead atoms. The molecule has 4 N–H and O–H groups in total. The number of aromatic nitrogens is 2. The van der Waals surface area contributed by atoms with E-state index in [9.17, 15) is 4.79 Å². The summed E-state index contributed by atoms with van der Waals surface area (Å²) in [5.41, 5.74) is 10.9. The van der Waals surface area contributed by atoms with Crippen molar-refractivity contribution in [2.75, 3.05) is 18.9 Å². The second-order valence-electron chi connectivity index (χ2n) is 3.88. The van der Waals surface area contributed by atoms with E-state index in [1.165, 1.54) is 6.20 Å². The SMILES string of the molecule is NC(=O)c1cnc(CC2CCOC2)nc1N. The molecule has 2 heterocycles. The third kappa shape index (κ3) is 2.27. The van der Waals surface area contributed by atoms with Crippen LogP contribution < -0.4 is 11.5 Å². The molecule has 1 aliphatic heterocycles. The highest BCUT2D eigenvalue weighted by Crippen LogP contribution is 2.17. The van der Waals surface area contributed by atoms with Crippen molar-refractivity contribution in [3.05, 3.63) is 17.6 Å². The van der Waals surface area contributed by atoms with Crippen LogP contribution in [-0.4, -0.2) is 29.1 Å². The Labute approximate surface area is 93.0 Å². The Kier molecular flexibility index (Phi) is 3.00. The van der Waals surface area contributed by atoms with Crippen LogP contribution in [0.2, 0.25) is 0 Å². The van der Waals surface area contributed by atoms with Crippen molar-refractivity contribution >= 4 is 11.7 Å². The van der Waals surface area contributed by atoms with Crippen molar-refractivity contribution < 1.29 is 9.53 Å². The Bertz CT molecular complexity index is 402. The molecule has 0 radical (unpaired) electrons. The minimum absolute atomic E-state index is 0.149. The fourth-order valence-electron chi connectivity index (χ4n) is 1.72. The van der Waals surface area contributed by atoms with Crippen LogP contribution in [0.25, 0.3) is 0 Å². The maximum Gasteiger partial charge on any atom is 0.254 e. The first kappa shape index (κ1) is 10.8. The lowest BCUT2D eigenvalue weighted by Crippen LogP contribution is -2.17. The molecule has 0 aromatic carbocycles. The highest BCUT2D eigenvalue weighted by molar-refractivity contribution is 5.96. The maximum absolute atomic E-state index is 10.9. The average Bonchev–Trinajstić information content (AvgIpc) is 2.70. The monoisotopic (exact) mass is 222 g/mol. The molecule has 1 aromatic heterocycles. The molecule has 1 atom stereocenters. The molecule has 1 aliphatic rings. The molecule has 1 amide bonds. The Morgan fingerprint density at radius 1 is 1.62 bits per heavy atom. The lowest BCUT2D eigenvalue weighted by Gasteiger charge is -2.07. The van der Waals surface area contributed by atoms with Gasteiger partial charge in [0.1, 0.15) is 11.6 Å². The van der Waals surface area contributed by atoms with Gasteiger partial charge in [-0.05, 0) is 12.3 Å². The lowest BCUT2D eigenvalue weighted by molar-refractivity contribution is 0.100. The zero-order valence-corrected chi connectivity index (χ0v) is 8.85. The first-order valence-corrected chi connectivity index (χ1v) is 5.15. The lowest BCUT2D eigenvalue weighted by atomic mass is 10.0. The Morgan fingerprint density at radius 3 is 3.00 bits per heavy atom. The van der Waals surface area contributed by atoms with Crippen LogP contribution in [0.5, 0.6) is 0 Å². The van der Waals surface area contributed by atoms with Gasteiger partial charge in [0.2, 0.25) is 0 Å². The number of carbonyl (C=O) groups is 1. The van der Waals surface area contributed by atoms with Gasteiger partial charge in [-0.15, -0.1) is 0 Å². The molecule has 0 aliphatic carbocycles. The maximum atomic E-state index is 10.9. The van der Waals surface area contributed by atoms with Crippen molar-refractivity contribution in [1.82, 2.24) is 9.97 Å². The molecule has 86 valence electrons. The predicted molar refractivity (Wildman–Crippen MR) is 57.6 cm³/mol. The van der Waals surface area contributed by atoms with E-state index >= 15 is 0 Å². The van der Waals surface area contributed by atoms with Crippen molar-refractivity contribution in [1.29, 1.82) is 0 Å². The van der Waals surface area contributed by atoms with Gasteiger partial charge < -0.3 is 16.2 Å². The van der Waals surface area contributed by atoms with Gasteiger partial charge >= 0.3 is 0 Å². The smallest absolute Gasteiger partial charge is 0.254 e. The number of amides is 1. The molecule has 1 unspecified atom stereocenters. The van der Waals surface area contributed by atoms with Crippen molar-refractivity contribution in [2.24, 2.45) is 11.7 Å². The number of nitrogen functional groups attached to an aromatic ring is 1. The summed E-state index contributed by atoms with van der Waals surface area (Å²) < 4.78 is 5.26. The summed E-state index contributed by atoms with van der Waals surface area (Å²) in [4.78, 5) is 19.1. The summed E-state index contributed by atoms with van der Waals surface area (Å²) in [5, 5.41) is 0. The first-order chi connectivity index (χ1) is 7.66. The summed E-state index contributed by atoms with van der Waals surface area (Å²) in [7, 11) is 0. The van der Waals surface area contributed by atoms with Gasteiger partial charge in [-0.3, -0.25) is 4.79 Å².